The lowest BCUT2D eigenvalue weighted by molar-refractivity contribution is -0.274. The van der Waals surface area contributed by atoms with Crippen LogP contribution < -0.4 is 15.4 Å². The molecule has 1 aromatic rings. The highest BCUT2D eigenvalue weighted by Gasteiger charge is 2.31. The van der Waals surface area contributed by atoms with Gasteiger partial charge in [0.1, 0.15) is 5.75 Å². The summed E-state index contributed by atoms with van der Waals surface area (Å²) in [7, 11) is 1.62. The van der Waals surface area contributed by atoms with E-state index in [1.807, 2.05) is 6.92 Å². The third kappa shape index (κ3) is 9.81. The van der Waals surface area contributed by atoms with Crippen molar-refractivity contribution in [3.63, 3.8) is 0 Å². The van der Waals surface area contributed by atoms with Crippen LogP contribution in [0.25, 0.3) is 0 Å². The van der Waals surface area contributed by atoms with Crippen LogP contribution in [0.15, 0.2) is 29.3 Å². The summed E-state index contributed by atoms with van der Waals surface area (Å²) in [6, 6.07) is 5.96. The van der Waals surface area contributed by atoms with E-state index in [0.717, 1.165) is 6.42 Å². The second-order valence-corrected chi connectivity index (χ2v) is 4.62. The minimum absolute atomic E-state index is 0. The maximum absolute atomic E-state index is 12.4. The minimum atomic E-state index is -4.72. The standard InChI is InChI=1S/C15H22F3N3O2.HI/c1-3-19-14(20-9-6-10-22-2)21-11-12-7-4-5-8-13(12)23-15(16,17)18;/h4-5,7-8H,3,6,9-11H2,1-2H3,(H2,19,20,21);1H. The number of rotatable bonds is 8. The topological polar surface area (TPSA) is 54.9 Å². The van der Waals surface area contributed by atoms with Crippen molar-refractivity contribution >= 4 is 29.9 Å². The van der Waals surface area contributed by atoms with Crippen LogP contribution in [0.5, 0.6) is 5.75 Å². The lowest BCUT2D eigenvalue weighted by Gasteiger charge is -2.13. The summed E-state index contributed by atoms with van der Waals surface area (Å²) in [5, 5.41) is 6.12. The molecule has 0 radical (unpaired) electrons. The molecular formula is C15H23F3IN3O2. The molecule has 0 aromatic heterocycles. The van der Waals surface area contributed by atoms with E-state index >= 15 is 0 Å². The van der Waals surface area contributed by atoms with Crippen molar-refractivity contribution in [2.75, 3.05) is 26.8 Å². The quantitative estimate of drug-likeness (QED) is 0.270. The summed E-state index contributed by atoms with van der Waals surface area (Å²) in [4.78, 5) is 4.28. The van der Waals surface area contributed by atoms with E-state index in [4.69, 9.17) is 4.74 Å². The summed E-state index contributed by atoms with van der Waals surface area (Å²) in [5.74, 6) is 0.296. The highest BCUT2D eigenvalue weighted by atomic mass is 127. The first-order valence-electron chi connectivity index (χ1n) is 7.31. The molecule has 2 N–H and O–H groups in total. The van der Waals surface area contributed by atoms with Gasteiger partial charge in [-0.3, -0.25) is 0 Å². The van der Waals surface area contributed by atoms with Gasteiger partial charge in [0, 0.05) is 32.4 Å². The van der Waals surface area contributed by atoms with E-state index in [2.05, 4.69) is 20.4 Å². The summed E-state index contributed by atoms with van der Waals surface area (Å²) in [6.45, 7) is 3.91. The SMILES string of the molecule is CCNC(=NCc1ccccc1OC(F)(F)F)NCCCOC.I. The van der Waals surface area contributed by atoms with Gasteiger partial charge in [0.15, 0.2) is 5.96 Å². The van der Waals surface area contributed by atoms with E-state index in [1.165, 1.54) is 12.1 Å². The molecule has 0 saturated carbocycles. The zero-order valence-electron chi connectivity index (χ0n) is 13.7. The van der Waals surface area contributed by atoms with Crippen molar-refractivity contribution in [2.24, 2.45) is 4.99 Å². The van der Waals surface area contributed by atoms with Crippen LogP contribution in [0.3, 0.4) is 0 Å². The molecule has 9 heteroatoms. The molecule has 0 heterocycles. The normalized spacial score (nSPS) is 11.6. The van der Waals surface area contributed by atoms with Gasteiger partial charge < -0.3 is 20.1 Å². The summed E-state index contributed by atoms with van der Waals surface area (Å²) >= 11 is 0. The van der Waals surface area contributed by atoms with E-state index in [9.17, 15) is 13.2 Å². The predicted octanol–water partition coefficient (Wildman–Crippen LogP) is 3.29. The molecule has 0 aliphatic heterocycles. The largest absolute Gasteiger partial charge is 0.573 e. The van der Waals surface area contributed by atoms with Crippen LogP contribution in [0.4, 0.5) is 13.2 Å². The van der Waals surface area contributed by atoms with Gasteiger partial charge in [-0.2, -0.15) is 0 Å². The van der Waals surface area contributed by atoms with Crippen LogP contribution in [0, 0.1) is 0 Å². The van der Waals surface area contributed by atoms with Crippen LogP contribution in [-0.2, 0) is 11.3 Å². The number of hydrogen-bond donors (Lipinski definition) is 2. The molecule has 1 rings (SSSR count). The molecule has 138 valence electrons. The summed E-state index contributed by atoms with van der Waals surface area (Å²) < 4.78 is 46.1. The Labute approximate surface area is 157 Å². The number of guanidine groups is 1. The Kier molecular flexibility index (Phi) is 11.6. The van der Waals surface area contributed by atoms with Crippen molar-refractivity contribution in [1.82, 2.24) is 10.6 Å². The van der Waals surface area contributed by atoms with Crippen molar-refractivity contribution in [1.29, 1.82) is 0 Å². The average molecular weight is 461 g/mol. The highest BCUT2D eigenvalue weighted by Crippen LogP contribution is 2.26. The second kappa shape index (κ2) is 12.2. The number of benzene rings is 1. The first kappa shape index (κ1) is 22.8. The lowest BCUT2D eigenvalue weighted by atomic mass is 10.2. The molecule has 1 aromatic carbocycles. The third-order valence-corrected chi connectivity index (χ3v) is 2.77. The van der Waals surface area contributed by atoms with Crippen LogP contribution in [0.2, 0.25) is 0 Å². The van der Waals surface area contributed by atoms with Gasteiger partial charge in [0.05, 0.1) is 6.54 Å². The molecule has 0 unspecified atom stereocenters. The fourth-order valence-corrected chi connectivity index (χ4v) is 1.79. The maximum atomic E-state index is 12.4. The lowest BCUT2D eigenvalue weighted by Crippen LogP contribution is -2.38. The number of aliphatic imine (C=N–C) groups is 1. The van der Waals surface area contributed by atoms with Gasteiger partial charge in [-0.15, -0.1) is 37.1 Å². The molecule has 0 aliphatic carbocycles. The Balaban J connectivity index is 0.00000529. The first-order valence-corrected chi connectivity index (χ1v) is 7.31. The molecule has 0 fully saturated rings. The number of nitrogens with zero attached hydrogens (tertiary/aromatic N) is 1. The number of ether oxygens (including phenoxy) is 2. The van der Waals surface area contributed by atoms with E-state index in [1.54, 1.807) is 19.2 Å². The smallest absolute Gasteiger partial charge is 0.405 e. The predicted molar refractivity (Wildman–Crippen MR) is 97.9 cm³/mol. The second-order valence-electron chi connectivity index (χ2n) is 4.62. The van der Waals surface area contributed by atoms with Gasteiger partial charge in [-0.1, -0.05) is 18.2 Å². The molecule has 0 spiro atoms. The fourth-order valence-electron chi connectivity index (χ4n) is 1.79. The Bertz CT molecular complexity index is 499. The zero-order valence-corrected chi connectivity index (χ0v) is 16.0. The monoisotopic (exact) mass is 461 g/mol. The van der Waals surface area contributed by atoms with Gasteiger partial charge in [-0.05, 0) is 19.4 Å². The average Bonchev–Trinajstić information content (AvgIpc) is 2.49. The minimum Gasteiger partial charge on any atom is -0.405 e. The first-order chi connectivity index (χ1) is 11.0. The Morgan fingerprint density at radius 1 is 1.21 bits per heavy atom. The number of hydrogen-bond acceptors (Lipinski definition) is 3. The fraction of sp³-hybridized carbons (Fsp3) is 0.533. The van der Waals surface area contributed by atoms with Crippen molar-refractivity contribution in [3.8, 4) is 5.75 Å². The Morgan fingerprint density at radius 3 is 2.54 bits per heavy atom. The van der Waals surface area contributed by atoms with E-state index in [0.29, 0.717) is 31.2 Å². The van der Waals surface area contributed by atoms with Crippen molar-refractivity contribution in [3.05, 3.63) is 29.8 Å². The van der Waals surface area contributed by atoms with Gasteiger partial charge in [0.2, 0.25) is 0 Å². The molecule has 0 atom stereocenters. The molecule has 24 heavy (non-hydrogen) atoms. The number of nitrogens with one attached hydrogen (secondary N) is 2. The molecule has 0 aliphatic rings. The van der Waals surface area contributed by atoms with Crippen molar-refractivity contribution < 1.29 is 22.6 Å². The number of halogens is 4. The van der Waals surface area contributed by atoms with Gasteiger partial charge in [-0.25, -0.2) is 4.99 Å². The molecule has 5 nitrogen and oxygen atoms in total. The summed E-state index contributed by atoms with van der Waals surface area (Å²) in [5.41, 5.74) is 0.360. The van der Waals surface area contributed by atoms with Crippen molar-refractivity contribution in [2.45, 2.75) is 26.3 Å². The van der Waals surface area contributed by atoms with Gasteiger partial charge >= 0.3 is 6.36 Å². The Morgan fingerprint density at radius 2 is 1.92 bits per heavy atom. The maximum Gasteiger partial charge on any atom is 0.573 e. The molecular weight excluding hydrogens is 438 g/mol. The molecule has 0 bridgehead atoms. The number of alkyl halides is 3. The zero-order chi connectivity index (χ0) is 17.1. The van der Waals surface area contributed by atoms with Crippen LogP contribution in [-0.4, -0.2) is 39.1 Å². The highest BCUT2D eigenvalue weighted by molar-refractivity contribution is 14.0. The molecule has 0 amide bonds. The molecule has 0 saturated heterocycles. The van der Waals surface area contributed by atoms with Crippen LogP contribution in [0.1, 0.15) is 18.9 Å². The number of methoxy groups -OCH3 is 1. The van der Waals surface area contributed by atoms with Gasteiger partial charge in [0.25, 0.3) is 0 Å². The third-order valence-electron chi connectivity index (χ3n) is 2.77. The Hall–Kier alpha value is -1.23. The van der Waals surface area contributed by atoms with E-state index in [-0.39, 0.29) is 36.3 Å². The number of para-hydroxylation sites is 1. The van der Waals surface area contributed by atoms with E-state index < -0.39 is 6.36 Å². The summed E-state index contributed by atoms with van der Waals surface area (Å²) in [6.07, 6.45) is -3.92. The van der Waals surface area contributed by atoms with Crippen LogP contribution >= 0.6 is 24.0 Å².